The number of anilines is 1. The molecule has 0 unspecified atom stereocenters. The number of hydrogen-bond acceptors (Lipinski definition) is 4. The van der Waals surface area contributed by atoms with E-state index in [1.54, 1.807) is 7.11 Å². The van der Waals surface area contributed by atoms with Gasteiger partial charge in [-0.25, -0.2) is 4.68 Å². The van der Waals surface area contributed by atoms with Crippen LogP contribution >= 0.6 is 0 Å². The Labute approximate surface area is 183 Å². The summed E-state index contributed by atoms with van der Waals surface area (Å²) in [6, 6.07) is 18.7. The van der Waals surface area contributed by atoms with Gasteiger partial charge in [-0.2, -0.15) is 5.10 Å². The van der Waals surface area contributed by atoms with Crippen LogP contribution in [0, 0.1) is 13.8 Å². The van der Waals surface area contributed by atoms with Crippen LogP contribution in [-0.4, -0.2) is 40.3 Å². The quantitative estimate of drug-likeness (QED) is 0.556. The Morgan fingerprint density at radius 3 is 2.48 bits per heavy atom. The van der Waals surface area contributed by atoms with Crippen LogP contribution < -0.4 is 10.1 Å². The van der Waals surface area contributed by atoms with E-state index in [9.17, 15) is 4.79 Å². The number of rotatable bonds is 9. The third kappa shape index (κ3) is 5.14. The first-order valence-corrected chi connectivity index (χ1v) is 10.8. The van der Waals surface area contributed by atoms with Gasteiger partial charge >= 0.3 is 0 Å². The van der Waals surface area contributed by atoms with Gasteiger partial charge in [0.25, 0.3) is 0 Å². The van der Waals surface area contributed by atoms with E-state index < -0.39 is 0 Å². The number of amides is 1. The molecule has 162 valence electrons. The molecule has 0 radical (unpaired) electrons. The maximum atomic E-state index is 12.8. The summed E-state index contributed by atoms with van der Waals surface area (Å²) >= 11 is 0. The molecule has 2 aromatic carbocycles. The van der Waals surface area contributed by atoms with Gasteiger partial charge in [0.1, 0.15) is 5.75 Å². The minimum Gasteiger partial charge on any atom is -0.497 e. The van der Waals surface area contributed by atoms with Gasteiger partial charge in [0.05, 0.1) is 29.9 Å². The first kappa shape index (κ1) is 21.1. The van der Waals surface area contributed by atoms with E-state index in [0.717, 1.165) is 41.6 Å². The number of aromatic nitrogens is 2. The largest absolute Gasteiger partial charge is 0.497 e. The molecule has 1 aliphatic carbocycles. The van der Waals surface area contributed by atoms with Crippen LogP contribution in [0.1, 0.15) is 36.2 Å². The Bertz CT molecular complexity index is 1020. The molecule has 1 amide bonds. The molecule has 1 heterocycles. The lowest BCUT2D eigenvalue weighted by Gasteiger charge is -2.22. The Kier molecular flexibility index (Phi) is 6.37. The molecule has 1 fully saturated rings. The van der Waals surface area contributed by atoms with Crippen molar-refractivity contribution in [3.05, 3.63) is 71.5 Å². The molecule has 0 aliphatic heterocycles. The second-order valence-corrected chi connectivity index (χ2v) is 8.14. The normalized spacial score (nSPS) is 13.4. The first-order valence-electron chi connectivity index (χ1n) is 10.8. The summed E-state index contributed by atoms with van der Waals surface area (Å²) in [6.45, 7) is 5.52. The lowest BCUT2D eigenvalue weighted by molar-refractivity contribution is -0.116. The zero-order valence-corrected chi connectivity index (χ0v) is 18.5. The Balaban J connectivity index is 1.37. The number of nitrogens with zero attached hydrogens (tertiary/aromatic N) is 3. The van der Waals surface area contributed by atoms with Gasteiger partial charge in [-0.15, -0.1) is 0 Å². The molecule has 0 bridgehead atoms. The summed E-state index contributed by atoms with van der Waals surface area (Å²) in [5, 5.41) is 7.71. The van der Waals surface area contributed by atoms with Crippen molar-refractivity contribution in [3.8, 4) is 11.4 Å². The highest BCUT2D eigenvalue weighted by Crippen LogP contribution is 2.29. The minimum atomic E-state index is 0.0270. The van der Waals surface area contributed by atoms with Crippen molar-refractivity contribution in [2.75, 3.05) is 19.0 Å². The van der Waals surface area contributed by atoms with Crippen molar-refractivity contribution >= 4 is 11.6 Å². The van der Waals surface area contributed by atoms with Crippen LogP contribution in [-0.2, 0) is 11.3 Å². The molecule has 6 heteroatoms. The lowest BCUT2D eigenvalue weighted by Crippen LogP contribution is -2.29. The zero-order valence-electron chi connectivity index (χ0n) is 18.5. The average Bonchev–Trinajstić information content (AvgIpc) is 3.60. The van der Waals surface area contributed by atoms with Crippen LogP contribution in [0.25, 0.3) is 5.69 Å². The van der Waals surface area contributed by atoms with Gasteiger partial charge in [-0.3, -0.25) is 9.69 Å². The Morgan fingerprint density at radius 2 is 1.84 bits per heavy atom. The molecule has 0 atom stereocenters. The molecule has 1 aromatic heterocycles. The molecule has 1 aliphatic rings. The lowest BCUT2D eigenvalue weighted by atomic mass is 10.2. The fourth-order valence-electron chi connectivity index (χ4n) is 3.89. The van der Waals surface area contributed by atoms with Crippen molar-refractivity contribution in [1.82, 2.24) is 14.7 Å². The number of aryl methyl sites for hydroxylation is 1. The van der Waals surface area contributed by atoms with Crippen molar-refractivity contribution in [2.24, 2.45) is 0 Å². The molecular formula is C25H30N4O2. The number of para-hydroxylation sites is 1. The summed E-state index contributed by atoms with van der Waals surface area (Å²) in [6.07, 6.45) is 2.88. The standard InChI is InChI=1S/C25H30N4O2/c1-18-25(19(2)29(27-18)22-7-5-4-6-8-22)26-24(30)15-16-28(21-11-12-21)17-20-9-13-23(31-3)14-10-20/h4-10,13-14,21H,11-12,15-17H2,1-3H3,(H,26,30). The summed E-state index contributed by atoms with van der Waals surface area (Å²) < 4.78 is 7.13. The topological polar surface area (TPSA) is 59.4 Å². The summed E-state index contributed by atoms with van der Waals surface area (Å²) in [5.74, 6) is 0.891. The summed E-state index contributed by atoms with van der Waals surface area (Å²) in [5.41, 5.74) is 4.80. The first-order chi connectivity index (χ1) is 15.0. The van der Waals surface area contributed by atoms with Gasteiger partial charge in [0.2, 0.25) is 5.91 Å². The SMILES string of the molecule is COc1ccc(CN(CCC(=O)Nc2c(C)nn(-c3ccccc3)c2C)C2CC2)cc1. The molecule has 0 saturated heterocycles. The Morgan fingerprint density at radius 1 is 1.13 bits per heavy atom. The van der Waals surface area contributed by atoms with E-state index in [1.165, 1.54) is 18.4 Å². The average molecular weight is 419 g/mol. The molecule has 0 spiro atoms. The molecule has 1 N–H and O–H groups in total. The third-order valence-electron chi connectivity index (χ3n) is 5.79. The van der Waals surface area contributed by atoms with Crippen LogP contribution in [0.15, 0.2) is 54.6 Å². The highest BCUT2D eigenvalue weighted by molar-refractivity contribution is 5.92. The van der Waals surface area contributed by atoms with Crippen molar-refractivity contribution in [1.29, 1.82) is 0 Å². The number of carbonyl (C=O) groups excluding carboxylic acids is 1. The number of nitrogens with one attached hydrogen (secondary N) is 1. The van der Waals surface area contributed by atoms with Gasteiger partial charge < -0.3 is 10.1 Å². The number of methoxy groups -OCH3 is 1. The van der Waals surface area contributed by atoms with E-state index in [0.29, 0.717) is 12.5 Å². The number of carbonyl (C=O) groups is 1. The minimum absolute atomic E-state index is 0.0270. The van der Waals surface area contributed by atoms with Gasteiger partial charge in [0, 0.05) is 25.6 Å². The summed E-state index contributed by atoms with van der Waals surface area (Å²) in [4.78, 5) is 15.2. The van der Waals surface area contributed by atoms with Crippen LogP contribution in [0.3, 0.4) is 0 Å². The third-order valence-corrected chi connectivity index (χ3v) is 5.79. The van der Waals surface area contributed by atoms with Gasteiger partial charge in [-0.1, -0.05) is 30.3 Å². The van der Waals surface area contributed by atoms with E-state index in [4.69, 9.17) is 4.74 Å². The van der Waals surface area contributed by atoms with Crippen LogP contribution in [0.5, 0.6) is 5.75 Å². The summed E-state index contributed by atoms with van der Waals surface area (Å²) in [7, 11) is 1.68. The highest BCUT2D eigenvalue weighted by Gasteiger charge is 2.29. The second kappa shape index (κ2) is 9.35. The molecule has 6 nitrogen and oxygen atoms in total. The smallest absolute Gasteiger partial charge is 0.225 e. The number of hydrogen-bond donors (Lipinski definition) is 1. The fourth-order valence-corrected chi connectivity index (χ4v) is 3.89. The zero-order chi connectivity index (χ0) is 21.8. The van der Waals surface area contributed by atoms with Crippen LogP contribution in [0.4, 0.5) is 5.69 Å². The molecule has 4 rings (SSSR count). The molecule has 31 heavy (non-hydrogen) atoms. The van der Waals surface area contributed by atoms with E-state index in [-0.39, 0.29) is 5.91 Å². The van der Waals surface area contributed by atoms with Crippen LogP contribution in [0.2, 0.25) is 0 Å². The van der Waals surface area contributed by atoms with Crippen molar-refractivity contribution in [2.45, 2.75) is 45.7 Å². The van der Waals surface area contributed by atoms with E-state index in [1.807, 2.05) is 61.0 Å². The molecular weight excluding hydrogens is 388 g/mol. The second-order valence-electron chi connectivity index (χ2n) is 8.14. The van der Waals surface area contributed by atoms with Gasteiger partial charge in [-0.05, 0) is 56.5 Å². The fraction of sp³-hybridized carbons (Fsp3) is 0.360. The predicted octanol–water partition coefficient (Wildman–Crippen LogP) is 4.49. The number of ether oxygens (including phenoxy) is 1. The maximum Gasteiger partial charge on any atom is 0.225 e. The predicted molar refractivity (Wildman–Crippen MR) is 123 cm³/mol. The highest BCUT2D eigenvalue weighted by atomic mass is 16.5. The van der Waals surface area contributed by atoms with E-state index in [2.05, 4.69) is 27.4 Å². The number of benzene rings is 2. The Hall–Kier alpha value is -3.12. The monoisotopic (exact) mass is 418 g/mol. The molecule has 3 aromatic rings. The maximum absolute atomic E-state index is 12.8. The van der Waals surface area contributed by atoms with Crippen molar-refractivity contribution < 1.29 is 9.53 Å². The van der Waals surface area contributed by atoms with Gasteiger partial charge in [0.15, 0.2) is 0 Å². The molecule has 1 saturated carbocycles. The van der Waals surface area contributed by atoms with Crippen molar-refractivity contribution in [3.63, 3.8) is 0 Å². The van der Waals surface area contributed by atoms with E-state index >= 15 is 0 Å².